The zero-order valence-electron chi connectivity index (χ0n) is 7.63. The highest BCUT2D eigenvalue weighted by Crippen LogP contribution is 2.22. The third-order valence-corrected chi connectivity index (χ3v) is 2.23. The van der Waals surface area contributed by atoms with Crippen LogP contribution >= 0.6 is 12.8 Å². The van der Waals surface area contributed by atoms with Crippen molar-refractivity contribution in [1.29, 1.82) is 0 Å². The van der Waals surface area contributed by atoms with Gasteiger partial charge in [-0.1, -0.05) is 18.2 Å². The van der Waals surface area contributed by atoms with Gasteiger partial charge in [-0.3, -0.25) is 0 Å². The molecule has 0 amide bonds. The van der Waals surface area contributed by atoms with Gasteiger partial charge in [0.05, 0.1) is 5.71 Å². The number of hydrogen-bond donors (Lipinski definition) is 1. The van der Waals surface area contributed by atoms with E-state index in [0.717, 1.165) is 5.71 Å². The quantitative estimate of drug-likeness (QED) is 0.548. The van der Waals surface area contributed by atoms with E-state index in [1.807, 2.05) is 13.8 Å². The van der Waals surface area contributed by atoms with Gasteiger partial charge in [-0.05, 0) is 50.3 Å². The van der Waals surface area contributed by atoms with Gasteiger partial charge >= 0.3 is 0 Å². The molecule has 0 heterocycles. The van der Waals surface area contributed by atoms with Crippen molar-refractivity contribution in [2.45, 2.75) is 20.8 Å². The molecule has 1 nitrogen and oxygen atoms in total. The monoisotopic (exact) mass is 179 g/mol. The lowest BCUT2D eigenvalue weighted by molar-refractivity contribution is 1.38. The highest BCUT2D eigenvalue weighted by molar-refractivity contribution is 7.79. The molecule has 0 bridgehead atoms. The van der Waals surface area contributed by atoms with Crippen LogP contribution in [0, 0.1) is 0 Å². The Hall–Kier alpha value is -0.760. The van der Waals surface area contributed by atoms with E-state index in [-0.39, 0.29) is 0 Å². The molecule has 1 rings (SSSR count). The fourth-order valence-corrected chi connectivity index (χ4v) is 1.58. The first-order valence-electron chi connectivity index (χ1n) is 3.95. The molecule has 0 saturated heterocycles. The number of allylic oxidation sites excluding steroid dienone is 6. The largest absolute Gasteiger partial charge is 0.219 e. The second-order valence-corrected chi connectivity index (χ2v) is 3.05. The van der Waals surface area contributed by atoms with Crippen LogP contribution in [-0.4, -0.2) is 5.71 Å². The lowest BCUT2D eigenvalue weighted by Crippen LogP contribution is -2.08. The standard InChI is InChI=1S/C10H13NS/c1-4-9-7(2)5-6-8(3)10(9)11-12/h4-6,12H,1-3H3/b9-4-,11-10-. The van der Waals surface area contributed by atoms with Crippen LogP contribution < -0.4 is 0 Å². The molecule has 0 saturated carbocycles. The van der Waals surface area contributed by atoms with E-state index in [4.69, 9.17) is 0 Å². The molecule has 2 heteroatoms. The predicted octanol–water partition coefficient (Wildman–Crippen LogP) is 3.12. The van der Waals surface area contributed by atoms with Gasteiger partial charge in [0.15, 0.2) is 0 Å². The molecule has 1 aliphatic carbocycles. The van der Waals surface area contributed by atoms with Crippen LogP contribution in [-0.2, 0) is 0 Å². The molecule has 64 valence electrons. The summed E-state index contributed by atoms with van der Waals surface area (Å²) in [6.07, 6.45) is 6.24. The summed E-state index contributed by atoms with van der Waals surface area (Å²) in [5, 5.41) is 0. The predicted molar refractivity (Wildman–Crippen MR) is 57.7 cm³/mol. The first-order valence-corrected chi connectivity index (χ1v) is 4.35. The Balaban J connectivity index is 3.20. The van der Waals surface area contributed by atoms with E-state index in [2.05, 4.69) is 42.4 Å². The second-order valence-electron chi connectivity index (χ2n) is 2.85. The summed E-state index contributed by atoms with van der Waals surface area (Å²) in [6, 6.07) is 0. The third-order valence-electron chi connectivity index (χ3n) is 2.03. The molecule has 0 fully saturated rings. The van der Waals surface area contributed by atoms with Crippen LogP contribution in [0.15, 0.2) is 39.3 Å². The Bertz CT molecular complexity index is 274. The summed E-state index contributed by atoms with van der Waals surface area (Å²) in [5.41, 5.74) is 4.59. The first-order chi connectivity index (χ1) is 5.70. The van der Waals surface area contributed by atoms with Crippen molar-refractivity contribution in [3.05, 3.63) is 34.9 Å². The van der Waals surface area contributed by atoms with Gasteiger partial charge in [-0.2, -0.15) is 0 Å². The van der Waals surface area contributed by atoms with Gasteiger partial charge in [-0.15, -0.1) is 0 Å². The van der Waals surface area contributed by atoms with Crippen molar-refractivity contribution >= 4 is 18.5 Å². The number of hydrogen-bond acceptors (Lipinski definition) is 2. The molecule has 0 aromatic heterocycles. The number of rotatable bonds is 0. The molecule has 0 aliphatic heterocycles. The van der Waals surface area contributed by atoms with Crippen molar-refractivity contribution in [2.24, 2.45) is 4.40 Å². The second kappa shape index (κ2) is 3.76. The molecular formula is C10H13NS. The third kappa shape index (κ3) is 1.53. The maximum atomic E-state index is 3.96. The lowest BCUT2D eigenvalue weighted by atomic mass is 9.92. The van der Waals surface area contributed by atoms with Crippen molar-refractivity contribution in [3.8, 4) is 0 Å². The van der Waals surface area contributed by atoms with Crippen molar-refractivity contribution in [2.75, 3.05) is 0 Å². The Morgan fingerprint density at radius 2 is 1.83 bits per heavy atom. The summed E-state index contributed by atoms with van der Waals surface area (Å²) in [5.74, 6) is 0. The van der Waals surface area contributed by atoms with E-state index in [1.165, 1.54) is 16.7 Å². The molecule has 1 aliphatic rings. The van der Waals surface area contributed by atoms with E-state index in [9.17, 15) is 0 Å². The van der Waals surface area contributed by atoms with Gasteiger partial charge < -0.3 is 0 Å². The van der Waals surface area contributed by atoms with Crippen LogP contribution in [0.5, 0.6) is 0 Å². The molecule has 0 aromatic rings. The lowest BCUT2D eigenvalue weighted by Gasteiger charge is -2.14. The van der Waals surface area contributed by atoms with Crippen LogP contribution in [0.2, 0.25) is 0 Å². The average Bonchev–Trinajstić information content (AvgIpc) is 2.08. The zero-order valence-corrected chi connectivity index (χ0v) is 8.52. The first kappa shape index (κ1) is 9.33. The summed E-state index contributed by atoms with van der Waals surface area (Å²) in [4.78, 5) is 0. The van der Waals surface area contributed by atoms with Crippen LogP contribution in [0.3, 0.4) is 0 Å². The van der Waals surface area contributed by atoms with Crippen molar-refractivity contribution < 1.29 is 0 Å². The highest BCUT2D eigenvalue weighted by Gasteiger charge is 2.12. The highest BCUT2D eigenvalue weighted by atomic mass is 32.1. The topological polar surface area (TPSA) is 12.4 Å². The van der Waals surface area contributed by atoms with Gasteiger partial charge in [0.1, 0.15) is 0 Å². The summed E-state index contributed by atoms with van der Waals surface area (Å²) in [6.45, 7) is 6.14. The summed E-state index contributed by atoms with van der Waals surface area (Å²) in [7, 11) is 0. The van der Waals surface area contributed by atoms with E-state index >= 15 is 0 Å². The SMILES string of the molecule is C/C=C1/C(C)=CC=C(C)/C1=N/S. The molecule has 0 unspecified atom stereocenters. The molecular weight excluding hydrogens is 166 g/mol. The van der Waals surface area contributed by atoms with Crippen molar-refractivity contribution in [3.63, 3.8) is 0 Å². The Morgan fingerprint density at radius 1 is 1.25 bits per heavy atom. The van der Waals surface area contributed by atoms with Crippen LogP contribution in [0.25, 0.3) is 0 Å². The van der Waals surface area contributed by atoms with Crippen LogP contribution in [0.1, 0.15) is 20.8 Å². The van der Waals surface area contributed by atoms with E-state index < -0.39 is 0 Å². The Kier molecular flexibility index (Phi) is 2.93. The molecule has 0 atom stereocenters. The van der Waals surface area contributed by atoms with Crippen molar-refractivity contribution in [1.82, 2.24) is 0 Å². The minimum Gasteiger partial charge on any atom is -0.219 e. The van der Waals surface area contributed by atoms with Gasteiger partial charge in [0.2, 0.25) is 0 Å². The fourth-order valence-electron chi connectivity index (χ4n) is 1.32. The van der Waals surface area contributed by atoms with E-state index in [1.54, 1.807) is 0 Å². The molecule has 12 heavy (non-hydrogen) atoms. The summed E-state index contributed by atoms with van der Waals surface area (Å²) >= 11 is 3.96. The minimum atomic E-state index is 0.987. The van der Waals surface area contributed by atoms with Gasteiger partial charge in [-0.25, -0.2) is 4.40 Å². The normalized spacial score (nSPS) is 24.3. The minimum absolute atomic E-state index is 0.987. The molecule has 0 spiro atoms. The molecule has 0 aromatic carbocycles. The number of nitrogens with zero attached hydrogens (tertiary/aromatic N) is 1. The van der Waals surface area contributed by atoms with Gasteiger partial charge in [0, 0.05) is 0 Å². The van der Waals surface area contributed by atoms with Crippen LogP contribution in [0.4, 0.5) is 0 Å². The molecule has 0 N–H and O–H groups in total. The maximum Gasteiger partial charge on any atom is 0.0810 e. The van der Waals surface area contributed by atoms with E-state index in [0.29, 0.717) is 0 Å². The van der Waals surface area contributed by atoms with Gasteiger partial charge in [0.25, 0.3) is 0 Å². The number of thiol groups is 1. The maximum absolute atomic E-state index is 3.96. The Labute approximate surface area is 79.1 Å². The smallest absolute Gasteiger partial charge is 0.0810 e. The fraction of sp³-hybridized carbons (Fsp3) is 0.300. The average molecular weight is 179 g/mol. The molecule has 0 radical (unpaired) electrons. The zero-order chi connectivity index (χ0) is 9.14. The Morgan fingerprint density at radius 3 is 2.25 bits per heavy atom. The summed E-state index contributed by atoms with van der Waals surface area (Å²) < 4.78 is 3.96.